The molecule has 1 aliphatic rings. The van der Waals surface area contributed by atoms with Gasteiger partial charge in [0.05, 0.1) is 0 Å². The second kappa shape index (κ2) is 5.64. The lowest BCUT2D eigenvalue weighted by molar-refractivity contribution is -0.124. The minimum atomic E-state index is 0.0487. The molecule has 0 spiro atoms. The average molecular weight is 281 g/mol. The fourth-order valence-electron chi connectivity index (χ4n) is 2.94. The van der Waals surface area contributed by atoms with E-state index in [0.717, 1.165) is 29.8 Å². The minimum Gasteiger partial charge on any atom is -0.352 e. The Labute approximate surface area is 124 Å². The third-order valence-electron chi connectivity index (χ3n) is 4.24. The maximum Gasteiger partial charge on any atom is 0.224 e. The van der Waals surface area contributed by atoms with Crippen molar-refractivity contribution in [1.29, 1.82) is 0 Å². The number of hydrogen-bond donors (Lipinski definition) is 1. The number of fused-ring (bicyclic) bond motifs is 1. The Hall–Kier alpha value is -2.23. The van der Waals surface area contributed by atoms with Gasteiger partial charge in [-0.15, -0.1) is 0 Å². The summed E-state index contributed by atoms with van der Waals surface area (Å²) in [7, 11) is 0. The Balaban J connectivity index is 1.64. The van der Waals surface area contributed by atoms with Crippen molar-refractivity contribution in [3.63, 3.8) is 0 Å². The molecular formula is C17H19N3O. The maximum atomic E-state index is 12.4. The normalized spacial score (nSPS) is 14.0. The molecule has 21 heavy (non-hydrogen) atoms. The summed E-state index contributed by atoms with van der Waals surface area (Å²) in [6.07, 6.45) is 3.24. The van der Waals surface area contributed by atoms with Gasteiger partial charge in [-0.1, -0.05) is 24.3 Å². The Morgan fingerprint density at radius 1 is 1.14 bits per heavy atom. The summed E-state index contributed by atoms with van der Waals surface area (Å²) < 4.78 is 0. The van der Waals surface area contributed by atoms with Crippen LogP contribution >= 0.6 is 0 Å². The van der Waals surface area contributed by atoms with E-state index in [1.807, 2.05) is 26.0 Å². The van der Waals surface area contributed by atoms with Gasteiger partial charge < -0.3 is 5.32 Å². The molecule has 1 N–H and O–H groups in total. The summed E-state index contributed by atoms with van der Waals surface area (Å²) >= 11 is 0. The molecule has 3 rings (SSSR count). The van der Waals surface area contributed by atoms with Crippen LogP contribution in [-0.2, 0) is 24.2 Å². The molecule has 0 aliphatic heterocycles. The molecule has 1 aliphatic carbocycles. The highest BCUT2D eigenvalue weighted by molar-refractivity contribution is 5.80. The van der Waals surface area contributed by atoms with E-state index in [1.165, 1.54) is 11.1 Å². The molecule has 0 atom stereocenters. The van der Waals surface area contributed by atoms with Gasteiger partial charge >= 0.3 is 0 Å². The van der Waals surface area contributed by atoms with Crippen LogP contribution in [0.3, 0.4) is 0 Å². The number of amides is 1. The zero-order valence-corrected chi connectivity index (χ0v) is 12.4. The molecule has 0 bridgehead atoms. The molecule has 2 aromatic rings. The highest BCUT2D eigenvalue weighted by Gasteiger charge is 2.26. The van der Waals surface area contributed by atoms with Crippen molar-refractivity contribution in [2.24, 2.45) is 5.92 Å². The summed E-state index contributed by atoms with van der Waals surface area (Å²) in [4.78, 5) is 20.7. The van der Waals surface area contributed by atoms with Crippen molar-refractivity contribution < 1.29 is 4.79 Å². The summed E-state index contributed by atoms with van der Waals surface area (Å²) in [6.45, 7) is 4.40. The van der Waals surface area contributed by atoms with E-state index in [4.69, 9.17) is 0 Å². The quantitative estimate of drug-likeness (QED) is 0.937. The largest absolute Gasteiger partial charge is 0.352 e. The van der Waals surface area contributed by atoms with Crippen molar-refractivity contribution in [3.05, 3.63) is 58.7 Å². The van der Waals surface area contributed by atoms with Gasteiger partial charge in [-0.3, -0.25) is 4.79 Å². The van der Waals surface area contributed by atoms with E-state index in [-0.39, 0.29) is 11.8 Å². The van der Waals surface area contributed by atoms with Crippen molar-refractivity contribution in [1.82, 2.24) is 15.3 Å². The first-order valence-corrected chi connectivity index (χ1v) is 7.26. The lowest BCUT2D eigenvalue weighted by atomic mass is 10.1. The van der Waals surface area contributed by atoms with E-state index in [1.54, 1.807) is 6.33 Å². The van der Waals surface area contributed by atoms with Crippen LogP contribution in [0.1, 0.15) is 28.1 Å². The fourth-order valence-corrected chi connectivity index (χ4v) is 2.94. The first-order chi connectivity index (χ1) is 10.1. The van der Waals surface area contributed by atoms with Crippen molar-refractivity contribution in [3.8, 4) is 0 Å². The molecule has 1 heterocycles. The Kier molecular flexibility index (Phi) is 3.69. The number of aryl methyl sites for hydroxylation is 2. The molecule has 1 aromatic carbocycles. The molecule has 108 valence electrons. The topological polar surface area (TPSA) is 54.9 Å². The highest BCUT2D eigenvalue weighted by Crippen LogP contribution is 2.26. The van der Waals surface area contributed by atoms with Crippen LogP contribution in [0.25, 0.3) is 0 Å². The van der Waals surface area contributed by atoms with Crippen molar-refractivity contribution in [2.75, 3.05) is 0 Å². The first-order valence-electron chi connectivity index (χ1n) is 7.26. The van der Waals surface area contributed by atoms with Crippen LogP contribution in [-0.4, -0.2) is 15.9 Å². The number of benzene rings is 1. The second-order valence-electron chi connectivity index (χ2n) is 5.61. The van der Waals surface area contributed by atoms with Gasteiger partial charge in [0.2, 0.25) is 5.91 Å². The van der Waals surface area contributed by atoms with E-state index in [2.05, 4.69) is 27.4 Å². The molecule has 1 aromatic heterocycles. The Bertz CT molecular complexity index is 636. The van der Waals surface area contributed by atoms with Crippen LogP contribution in [0, 0.1) is 19.8 Å². The standard InChI is InChI=1S/C17H19N3O/c1-11-16(12(2)20-10-19-11)9-18-17(21)15-7-13-5-3-4-6-14(13)8-15/h3-6,10,15H,7-9H2,1-2H3,(H,18,21). The minimum absolute atomic E-state index is 0.0487. The number of hydrogen-bond acceptors (Lipinski definition) is 3. The lowest BCUT2D eigenvalue weighted by Gasteiger charge is -2.12. The van der Waals surface area contributed by atoms with E-state index in [9.17, 15) is 4.79 Å². The van der Waals surface area contributed by atoms with E-state index < -0.39 is 0 Å². The van der Waals surface area contributed by atoms with Crippen molar-refractivity contribution in [2.45, 2.75) is 33.2 Å². The molecule has 0 saturated heterocycles. The van der Waals surface area contributed by atoms with Gasteiger partial charge in [0.1, 0.15) is 6.33 Å². The fraction of sp³-hybridized carbons (Fsp3) is 0.353. The van der Waals surface area contributed by atoms with Crippen LogP contribution < -0.4 is 5.32 Å². The van der Waals surface area contributed by atoms with Crippen molar-refractivity contribution >= 4 is 5.91 Å². The number of rotatable bonds is 3. The van der Waals surface area contributed by atoms with Gasteiger partial charge in [0.15, 0.2) is 0 Å². The monoisotopic (exact) mass is 281 g/mol. The number of carbonyl (C=O) groups excluding carboxylic acids is 1. The third kappa shape index (κ3) is 2.79. The number of aromatic nitrogens is 2. The second-order valence-corrected chi connectivity index (χ2v) is 5.61. The number of nitrogens with zero attached hydrogens (tertiary/aromatic N) is 2. The Morgan fingerprint density at radius 2 is 1.71 bits per heavy atom. The Morgan fingerprint density at radius 3 is 2.29 bits per heavy atom. The smallest absolute Gasteiger partial charge is 0.224 e. The SMILES string of the molecule is Cc1ncnc(C)c1CNC(=O)C1Cc2ccccc2C1. The predicted octanol–water partition coefficient (Wildman–Crippen LogP) is 2.12. The summed E-state index contributed by atoms with van der Waals surface area (Å²) in [5, 5.41) is 3.04. The number of nitrogens with one attached hydrogen (secondary N) is 1. The maximum absolute atomic E-state index is 12.4. The van der Waals surface area contributed by atoms with Crippen LogP contribution in [0.4, 0.5) is 0 Å². The van der Waals surface area contributed by atoms with E-state index >= 15 is 0 Å². The lowest BCUT2D eigenvalue weighted by Crippen LogP contribution is -2.31. The van der Waals surface area contributed by atoms with Gasteiger partial charge in [-0.05, 0) is 37.8 Å². The summed E-state index contributed by atoms with van der Waals surface area (Å²) in [5.41, 5.74) is 5.47. The number of carbonyl (C=O) groups is 1. The molecule has 4 heteroatoms. The molecule has 0 unspecified atom stereocenters. The van der Waals surface area contributed by atoms with Gasteiger partial charge in [-0.25, -0.2) is 9.97 Å². The average Bonchev–Trinajstić information content (AvgIpc) is 2.90. The first kappa shape index (κ1) is 13.7. The van der Waals surface area contributed by atoms with Crippen LogP contribution in [0.2, 0.25) is 0 Å². The molecular weight excluding hydrogens is 262 g/mol. The summed E-state index contributed by atoms with van der Waals surface area (Å²) in [6, 6.07) is 8.30. The zero-order valence-electron chi connectivity index (χ0n) is 12.4. The van der Waals surface area contributed by atoms with Gasteiger partial charge in [0.25, 0.3) is 0 Å². The summed E-state index contributed by atoms with van der Waals surface area (Å²) in [5.74, 6) is 0.168. The zero-order chi connectivity index (χ0) is 14.8. The molecule has 1 amide bonds. The molecule has 0 saturated carbocycles. The highest BCUT2D eigenvalue weighted by atomic mass is 16.1. The van der Waals surface area contributed by atoms with Gasteiger partial charge in [0, 0.05) is 29.4 Å². The van der Waals surface area contributed by atoms with Crippen LogP contribution in [0.15, 0.2) is 30.6 Å². The van der Waals surface area contributed by atoms with Crippen LogP contribution in [0.5, 0.6) is 0 Å². The molecule has 4 nitrogen and oxygen atoms in total. The predicted molar refractivity (Wildman–Crippen MR) is 80.7 cm³/mol. The van der Waals surface area contributed by atoms with Gasteiger partial charge in [-0.2, -0.15) is 0 Å². The van der Waals surface area contributed by atoms with E-state index in [0.29, 0.717) is 6.54 Å². The molecule has 0 radical (unpaired) electrons. The molecule has 0 fully saturated rings. The third-order valence-corrected chi connectivity index (χ3v) is 4.24.